The smallest absolute Gasteiger partial charge is 0.313 e. The van der Waals surface area contributed by atoms with Crippen LogP contribution >= 0.6 is 12.6 Å². The van der Waals surface area contributed by atoms with Gasteiger partial charge in [-0.25, -0.2) is 0 Å². The third-order valence-corrected chi connectivity index (χ3v) is 2.81. The van der Waals surface area contributed by atoms with Crippen molar-refractivity contribution in [2.24, 2.45) is 0 Å². The van der Waals surface area contributed by atoms with E-state index < -0.39 is 0 Å². The number of nitrogens with zero attached hydrogens (tertiary/aromatic N) is 1. The van der Waals surface area contributed by atoms with Crippen LogP contribution in [0.5, 0.6) is 0 Å². The number of hydrogen-bond acceptors (Lipinski definition) is 3. The van der Waals surface area contributed by atoms with Gasteiger partial charge in [-0.05, 0) is 25.5 Å². The molecule has 1 amide bonds. The highest BCUT2D eigenvalue weighted by molar-refractivity contribution is 7.96. The highest BCUT2D eigenvalue weighted by Crippen LogP contribution is 1.98. The summed E-state index contributed by atoms with van der Waals surface area (Å²) in [6.45, 7) is 7.97. The van der Waals surface area contributed by atoms with Crippen molar-refractivity contribution in [3.05, 3.63) is 0 Å². The fourth-order valence-corrected chi connectivity index (χ4v) is 1.52. The van der Waals surface area contributed by atoms with E-state index in [2.05, 4.69) is 26.5 Å². The van der Waals surface area contributed by atoms with Crippen LogP contribution in [0.1, 0.15) is 39.5 Å². The SMILES string of the molecule is CCCCOCCN(CCOCCCC)C(=O)[S]. The van der Waals surface area contributed by atoms with Gasteiger partial charge in [0.05, 0.1) is 13.2 Å². The number of carbonyl (C=O) groups excluding carboxylic acids is 1. The number of rotatable bonds is 12. The Morgan fingerprint density at radius 3 is 1.72 bits per heavy atom. The summed E-state index contributed by atoms with van der Waals surface area (Å²) in [5.74, 6) is 0. The molecular formula is C13H26NO3S. The molecule has 1 radical (unpaired) electrons. The molecule has 0 aliphatic heterocycles. The second-order valence-electron chi connectivity index (χ2n) is 4.18. The largest absolute Gasteiger partial charge is 0.380 e. The first-order valence-corrected chi connectivity index (χ1v) is 7.24. The molecule has 0 saturated heterocycles. The average molecular weight is 276 g/mol. The Labute approximate surface area is 116 Å². The van der Waals surface area contributed by atoms with Crippen molar-refractivity contribution in [1.29, 1.82) is 0 Å². The predicted molar refractivity (Wildman–Crippen MR) is 76.0 cm³/mol. The Bertz CT molecular complexity index is 189. The monoisotopic (exact) mass is 276 g/mol. The van der Waals surface area contributed by atoms with Crippen LogP contribution in [-0.2, 0) is 9.47 Å². The van der Waals surface area contributed by atoms with Gasteiger partial charge >= 0.3 is 5.24 Å². The first-order chi connectivity index (χ1) is 8.72. The molecule has 0 N–H and O–H groups in total. The molecule has 0 aromatic rings. The zero-order chi connectivity index (χ0) is 13.6. The molecule has 0 heterocycles. The summed E-state index contributed by atoms with van der Waals surface area (Å²) in [7, 11) is 0. The van der Waals surface area contributed by atoms with Crippen molar-refractivity contribution in [2.45, 2.75) is 39.5 Å². The van der Waals surface area contributed by atoms with E-state index in [1.807, 2.05) is 0 Å². The van der Waals surface area contributed by atoms with E-state index in [0.717, 1.165) is 38.9 Å². The van der Waals surface area contributed by atoms with Crippen LogP contribution in [0.3, 0.4) is 0 Å². The zero-order valence-corrected chi connectivity index (χ0v) is 12.5. The molecule has 0 saturated carbocycles. The van der Waals surface area contributed by atoms with Gasteiger partial charge in [0.1, 0.15) is 0 Å². The molecular weight excluding hydrogens is 250 g/mol. The summed E-state index contributed by atoms with van der Waals surface area (Å²) in [4.78, 5) is 12.8. The lowest BCUT2D eigenvalue weighted by molar-refractivity contribution is 0.0874. The van der Waals surface area contributed by atoms with Crippen LogP contribution in [0.25, 0.3) is 0 Å². The van der Waals surface area contributed by atoms with Gasteiger partial charge in [0, 0.05) is 26.3 Å². The second kappa shape index (κ2) is 13.1. The minimum atomic E-state index is -0.326. The second-order valence-corrected chi connectivity index (χ2v) is 4.53. The Morgan fingerprint density at radius 1 is 0.944 bits per heavy atom. The van der Waals surface area contributed by atoms with E-state index in [1.165, 1.54) is 0 Å². The molecule has 5 heteroatoms. The van der Waals surface area contributed by atoms with Gasteiger partial charge in [-0.3, -0.25) is 4.79 Å². The van der Waals surface area contributed by atoms with E-state index >= 15 is 0 Å². The summed E-state index contributed by atoms with van der Waals surface area (Å²) in [6.07, 6.45) is 4.35. The molecule has 0 unspecified atom stereocenters. The Balaban J connectivity index is 3.56. The molecule has 0 aromatic carbocycles. The quantitative estimate of drug-likeness (QED) is 0.514. The molecule has 0 bridgehead atoms. The summed E-state index contributed by atoms with van der Waals surface area (Å²) >= 11 is 4.68. The molecule has 107 valence electrons. The predicted octanol–water partition coefficient (Wildman–Crippen LogP) is 3.24. The van der Waals surface area contributed by atoms with Crippen molar-refractivity contribution in [1.82, 2.24) is 4.90 Å². The van der Waals surface area contributed by atoms with Crippen molar-refractivity contribution >= 4 is 17.9 Å². The Kier molecular flexibility index (Phi) is 12.8. The van der Waals surface area contributed by atoms with Crippen LogP contribution in [0, 0.1) is 0 Å². The minimum Gasteiger partial charge on any atom is -0.380 e. The van der Waals surface area contributed by atoms with Gasteiger partial charge in [-0.1, -0.05) is 26.7 Å². The number of hydrogen-bond donors (Lipinski definition) is 0. The first kappa shape index (κ1) is 17.6. The van der Waals surface area contributed by atoms with Crippen molar-refractivity contribution in [3.8, 4) is 0 Å². The van der Waals surface area contributed by atoms with Crippen molar-refractivity contribution < 1.29 is 14.3 Å². The summed E-state index contributed by atoms with van der Waals surface area (Å²) in [6, 6.07) is 0. The third-order valence-electron chi connectivity index (χ3n) is 2.55. The normalized spacial score (nSPS) is 10.6. The number of amides is 1. The van der Waals surface area contributed by atoms with Gasteiger partial charge in [-0.15, -0.1) is 0 Å². The molecule has 0 atom stereocenters. The lowest BCUT2D eigenvalue weighted by atomic mass is 10.4. The molecule has 0 aromatic heterocycles. The van der Waals surface area contributed by atoms with Gasteiger partial charge < -0.3 is 14.4 Å². The highest BCUT2D eigenvalue weighted by atomic mass is 32.1. The topological polar surface area (TPSA) is 38.8 Å². The van der Waals surface area contributed by atoms with E-state index in [9.17, 15) is 4.79 Å². The lowest BCUT2D eigenvalue weighted by Crippen LogP contribution is -2.33. The molecule has 18 heavy (non-hydrogen) atoms. The molecule has 0 aliphatic rings. The van der Waals surface area contributed by atoms with Gasteiger partial charge in [0.15, 0.2) is 0 Å². The molecule has 0 rings (SSSR count). The van der Waals surface area contributed by atoms with E-state index in [1.54, 1.807) is 4.90 Å². The van der Waals surface area contributed by atoms with E-state index in [0.29, 0.717) is 26.3 Å². The van der Waals surface area contributed by atoms with Crippen LogP contribution in [0.4, 0.5) is 4.79 Å². The highest BCUT2D eigenvalue weighted by Gasteiger charge is 2.09. The molecule has 0 spiro atoms. The number of unbranched alkanes of at least 4 members (excludes halogenated alkanes) is 2. The van der Waals surface area contributed by atoms with Crippen molar-refractivity contribution in [2.75, 3.05) is 39.5 Å². The fourth-order valence-electron chi connectivity index (χ4n) is 1.34. The van der Waals surface area contributed by atoms with E-state index in [4.69, 9.17) is 9.47 Å². The number of ether oxygens (including phenoxy) is 2. The third kappa shape index (κ3) is 10.7. The minimum absolute atomic E-state index is 0.326. The Hall–Kier alpha value is -0.390. The van der Waals surface area contributed by atoms with Crippen LogP contribution in [0.15, 0.2) is 0 Å². The summed E-state index contributed by atoms with van der Waals surface area (Å²) < 4.78 is 10.8. The maximum Gasteiger partial charge on any atom is 0.313 e. The first-order valence-electron chi connectivity index (χ1n) is 6.83. The average Bonchev–Trinajstić information content (AvgIpc) is 2.35. The maximum atomic E-state index is 11.2. The summed E-state index contributed by atoms with van der Waals surface area (Å²) in [5.41, 5.74) is 0. The molecule has 4 nitrogen and oxygen atoms in total. The summed E-state index contributed by atoms with van der Waals surface area (Å²) in [5, 5.41) is -0.326. The van der Waals surface area contributed by atoms with E-state index in [-0.39, 0.29) is 5.24 Å². The van der Waals surface area contributed by atoms with Crippen molar-refractivity contribution in [3.63, 3.8) is 0 Å². The zero-order valence-electron chi connectivity index (χ0n) is 11.7. The number of carbonyl (C=O) groups is 1. The standard InChI is InChI=1S/C13H26NO3S/c1-3-5-9-16-11-7-14(13(15)18)8-12-17-10-6-4-2/h3-12H2,1-2H3. The van der Waals surface area contributed by atoms with Crippen LogP contribution < -0.4 is 0 Å². The van der Waals surface area contributed by atoms with Crippen LogP contribution in [0.2, 0.25) is 0 Å². The lowest BCUT2D eigenvalue weighted by Gasteiger charge is -2.19. The van der Waals surface area contributed by atoms with Gasteiger partial charge in [0.2, 0.25) is 0 Å². The maximum absolute atomic E-state index is 11.2. The van der Waals surface area contributed by atoms with Gasteiger partial charge in [-0.2, -0.15) is 0 Å². The fraction of sp³-hybridized carbons (Fsp3) is 0.923. The Morgan fingerprint density at radius 2 is 1.39 bits per heavy atom. The van der Waals surface area contributed by atoms with Crippen LogP contribution in [-0.4, -0.2) is 49.7 Å². The molecule has 0 fully saturated rings. The van der Waals surface area contributed by atoms with Gasteiger partial charge in [0.25, 0.3) is 0 Å². The molecule has 0 aliphatic carbocycles.